The third-order valence-electron chi connectivity index (χ3n) is 2.78. The summed E-state index contributed by atoms with van der Waals surface area (Å²) in [5.41, 5.74) is 1.72. The van der Waals surface area contributed by atoms with Gasteiger partial charge in [-0.3, -0.25) is 4.68 Å². The molecule has 6 nitrogen and oxygen atoms in total. The van der Waals surface area contributed by atoms with Crippen LogP contribution in [0.2, 0.25) is 0 Å². The van der Waals surface area contributed by atoms with Crippen molar-refractivity contribution in [3.05, 3.63) is 28.4 Å². The highest BCUT2D eigenvalue weighted by Crippen LogP contribution is 2.27. The fourth-order valence-corrected chi connectivity index (χ4v) is 1.99. The molecule has 0 bridgehead atoms. The number of halogens is 1. The van der Waals surface area contributed by atoms with E-state index in [4.69, 9.17) is 5.11 Å². The van der Waals surface area contributed by atoms with E-state index in [1.165, 1.54) is 0 Å². The lowest BCUT2D eigenvalue weighted by molar-refractivity contribution is 0.269. The summed E-state index contributed by atoms with van der Waals surface area (Å²) in [6.45, 7) is 6.60. The highest BCUT2D eigenvalue weighted by molar-refractivity contribution is 9.10. The van der Waals surface area contributed by atoms with Gasteiger partial charge in [0.05, 0.1) is 35.2 Å². The van der Waals surface area contributed by atoms with Crippen molar-refractivity contribution >= 4 is 27.4 Å². The van der Waals surface area contributed by atoms with E-state index in [0.29, 0.717) is 6.54 Å². The van der Waals surface area contributed by atoms with Gasteiger partial charge in [0, 0.05) is 12.1 Å². The monoisotopic (exact) mass is 339 g/mol. The predicted molar refractivity (Wildman–Crippen MR) is 81.2 cm³/mol. The molecule has 2 N–H and O–H groups in total. The van der Waals surface area contributed by atoms with Crippen LogP contribution in [-0.2, 0) is 6.54 Å². The van der Waals surface area contributed by atoms with Gasteiger partial charge in [-0.05, 0) is 22.9 Å². The van der Waals surface area contributed by atoms with Crippen LogP contribution in [0.3, 0.4) is 0 Å². The Balaban J connectivity index is 2.27. The molecular formula is C13H18BrN5O. The average molecular weight is 340 g/mol. The smallest absolute Gasteiger partial charge is 0.148 e. The standard InChI is InChI=1S/C13H18BrN5O/c1-8(2)12-16-9(3)11(14)13(18-12)17-10-6-15-19(7-10)4-5-20/h6-8,20H,4-5H2,1-3H3,(H,16,17,18). The lowest BCUT2D eigenvalue weighted by Crippen LogP contribution is -2.05. The lowest BCUT2D eigenvalue weighted by atomic mass is 10.2. The maximum absolute atomic E-state index is 8.89. The van der Waals surface area contributed by atoms with E-state index in [0.717, 1.165) is 27.5 Å². The molecule has 0 amide bonds. The van der Waals surface area contributed by atoms with Crippen LogP contribution < -0.4 is 5.32 Å². The van der Waals surface area contributed by atoms with Gasteiger partial charge in [-0.15, -0.1) is 0 Å². The second kappa shape index (κ2) is 6.32. The van der Waals surface area contributed by atoms with Crippen LogP contribution in [0.25, 0.3) is 0 Å². The van der Waals surface area contributed by atoms with Gasteiger partial charge in [-0.1, -0.05) is 13.8 Å². The molecule has 0 aromatic carbocycles. The number of nitrogens with zero attached hydrogens (tertiary/aromatic N) is 4. The van der Waals surface area contributed by atoms with Gasteiger partial charge in [-0.25, -0.2) is 9.97 Å². The first-order valence-electron chi connectivity index (χ1n) is 6.45. The van der Waals surface area contributed by atoms with Crippen molar-refractivity contribution in [1.82, 2.24) is 19.7 Å². The lowest BCUT2D eigenvalue weighted by Gasteiger charge is -2.11. The number of aryl methyl sites for hydroxylation is 1. The third-order valence-corrected chi connectivity index (χ3v) is 3.73. The summed E-state index contributed by atoms with van der Waals surface area (Å²) in [7, 11) is 0. The summed E-state index contributed by atoms with van der Waals surface area (Å²) >= 11 is 3.50. The zero-order valence-corrected chi connectivity index (χ0v) is 13.3. The molecule has 0 saturated carbocycles. The Hall–Kier alpha value is -1.47. The molecule has 0 unspecified atom stereocenters. The Morgan fingerprint density at radius 1 is 1.40 bits per heavy atom. The summed E-state index contributed by atoms with van der Waals surface area (Å²) in [5, 5.41) is 16.3. The average Bonchev–Trinajstić information content (AvgIpc) is 2.82. The third kappa shape index (κ3) is 3.34. The number of anilines is 2. The van der Waals surface area contributed by atoms with Gasteiger partial charge in [0.15, 0.2) is 0 Å². The molecule has 0 aliphatic carbocycles. The summed E-state index contributed by atoms with van der Waals surface area (Å²) in [6.07, 6.45) is 3.53. The number of nitrogens with one attached hydrogen (secondary N) is 1. The number of aliphatic hydroxyl groups excluding tert-OH is 1. The van der Waals surface area contributed by atoms with E-state index in [1.54, 1.807) is 10.9 Å². The minimum absolute atomic E-state index is 0.0644. The minimum atomic E-state index is 0.0644. The van der Waals surface area contributed by atoms with Crippen molar-refractivity contribution in [2.24, 2.45) is 0 Å². The molecule has 0 radical (unpaired) electrons. The second-order valence-electron chi connectivity index (χ2n) is 4.83. The Morgan fingerprint density at radius 2 is 2.15 bits per heavy atom. The van der Waals surface area contributed by atoms with E-state index in [-0.39, 0.29) is 12.5 Å². The molecule has 2 aromatic rings. The zero-order valence-electron chi connectivity index (χ0n) is 11.8. The first-order chi connectivity index (χ1) is 9.51. The number of hydrogen-bond donors (Lipinski definition) is 2. The molecule has 2 rings (SSSR count). The molecule has 0 atom stereocenters. The SMILES string of the molecule is Cc1nc(C(C)C)nc(Nc2cnn(CCO)c2)c1Br. The fraction of sp³-hybridized carbons (Fsp3) is 0.462. The Labute approximate surface area is 126 Å². The van der Waals surface area contributed by atoms with Crippen molar-refractivity contribution in [2.75, 3.05) is 11.9 Å². The minimum Gasteiger partial charge on any atom is -0.394 e. The predicted octanol–water partition coefficient (Wildman–Crippen LogP) is 2.60. The topological polar surface area (TPSA) is 75.9 Å². The molecule has 108 valence electrons. The van der Waals surface area contributed by atoms with Crippen molar-refractivity contribution in [1.29, 1.82) is 0 Å². The molecule has 2 heterocycles. The van der Waals surface area contributed by atoms with Crippen LogP contribution in [0.1, 0.15) is 31.3 Å². The normalized spacial score (nSPS) is 11.1. The van der Waals surface area contributed by atoms with Gasteiger partial charge < -0.3 is 10.4 Å². The van der Waals surface area contributed by atoms with Crippen molar-refractivity contribution in [2.45, 2.75) is 33.2 Å². The molecule has 0 fully saturated rings. The largest absolute Gasteiger partial charge is 0.394 e. The summed E-state index contributed by atoms with van der Waals surface area (Å²) < 4.78 is 2.52. The van der Waals surface area contributed by atoms with Gasteiger partial charge >= 0.3 is 0 Å². The molecule has 20 heavy (non-hydrogen) atoms. The van der Waals surface area contributed by atoms with Crippen LogP contribution in [0.5, 0.6) is 0 Å². The molecule has 7 heteroatoms. The first-order valence-corrected chi connectivity index (χ1v) is 7.25. The quantitative estimate of drug-likeness (QED) is 0.875. The van der Waals surface area contributed by atoms with E-state index >= 15 is 0 Å². The molecule has 0 aliphatic heterocycles. The van der Waals surface area contributed by atoms with Crippen LogP contribution in [0.4, 0.5) is 11.5 Å². The molecule has 0 spiro atoms. The summed E-state index contributed by atoms with van der Waals surface area (Å²) in [6, 6.07) is 0. The highest BCUT2D eigenvalue weighted by Gasteiger charge is 2.12. The Bertz CT molecular complexity index is 596. The van der Waals surface area contributed by atoms with Crippen LogP contribution in [0, 0.1) is 6.92 Å². The van der Waals surface area contributed by atoms with Crippen molar-refractivity contribution in [3.63, 3.8) is 0 Å². The number of hydrogen-bond acceptors (Lipinski definition) is 5. The van der Waals surface area contributed by atoms with Gasteiger partial charge in [-0.2, -0.15) is 5.10 Å². The van der Waals surface area contributed by atoms with Crippen molar-refractivity contribution < 1.29 is 5.11 Å². The number of aliphatic hydroxyl groups is 1. The van der Waals surface area contributed by atoms with E-state index < -0.39 is 0 Å². The van der Waals surface area contributed by atoms with Gasteiger partial charge in [0.2, 0.25) is 0 Å². The van der Waals surface area contributed by atoms with Crippen LogP contribution in [-0.4, -0.2) is 31.5 Å². The van der Waals surface area contributed by atoms with Gasteiger partial charge in [0.1, 0.15) is 11.6 Å². The second-order valence-corrected chi connectivity index (χ2v) is 5.62. The summed E-state index contributed by atoms with van der Waals surface area (Å²) in [5.74, 6) is 1.79. The number of rotatable bonds is 5. The fourth-order valence-electron chi connectivity index (χ4n) is 1.71. The zero-order chi connectivity index (χ0) is 14.7. The highest BCUT2D eigenvalue weighted by atomic mass is 79.9. The van der Waals surface area contributed by atoms with E-state index in [1.807, 2.05) is 13.1 Å². The summed E-state index contributed by atoms with van der Waals surface area (Å²) in [4.78, 5) is 8.98. The molecule has 0 aliphatic rings. The van der Waals surface area contributed by atoms with E-state index in [2.05, 4.69) is 50.2 Å². The maximum Gasteiger partial charge on any atom is 0.148 e. The Kier molecular flexibility index (Phi) is 4.72. The number of aromatic nitrogens is 4. The van der Waals surface area contributed by atoms with Gasteiger partial charge in [0.25, 0.3) is 0 Å². The molecular weight excluding hydrogens is 322 g/mol. The van der Waals surface area contributed by atoms with Crippen LogP contribution in [0.15, 0.2) is 16.9 Å². The van der Waals surface area contributed by atoms with Crippen molar-refractivity contribution in [3.8, 4) is 0 Å². The molecule has 0 saturated heterocycles. The first kappa shape index (κ1) is 14.9. The van der Waals surface area contributed by atoms with E-state index in [9.17, 15) is 0 Å². The molecule has 2 aromatic heterocycles. The maximum atomic E-state index is 8.89. The van der Waals surface area contributed by atoms with Crippen LogP contribution >= 0.6 is 15.9 Å². The Morgan fingerprint density at radius 3 is 2.80 bits per heavy atom.